The van der Waals surface area contributed by atoms with Gasteiger partial charge in [0.05, 0.1) is 22.3 Å². The van der Waals surface area contributed by atoms with E-state index in [2.05, 4.69) is 25.9 Å². The molecule has 0 aliphatic heterocycles. The summed E-state index contributed by atoms with van der Waals surface area (Å²) in [4.78, 5) is 7.16. The Morgan fingerprint density at radius 2 is 2.46 bits per heavy atom. The Hall–Kier alpha value is -0.650. The van der Waals surface area contributed by atoms with Crippen LogP contribution in [0.5, 0.6) is 0 Å². The fourth-order valence-corrected chi connectivity index (χ4v) is 2.16. The summed E-state index contributed by atoms with van der Waals surface area (Å²) in [5.41, 5.74) is 1.77. The van der Waals surface area contributed by atoms with Gasteiger partial charge in [-0.25, -0.2) is 4.98 Å². The lowest BCUT2D eigenvalue weighted by Crippen LogP contribution is -1.81. The molecule has 5 heteroatoms. The van der Waals surface area contributed by atoms with Crippen molar-refractivity contribution in [3.8, 4) is 11.4 Å². The third-order valence-electron chi connectivity index (χ3n) is 1.64. The molecule has 0 saturated heterocycles. The van der Waals surface area contributed by atoms with Gasteiger partial charge in [-0.05, 0) is 22.0 Å². The fourth-order valence-electron chi connectivity index (χ4n) is 1.02. The maximum Gasteiger partial charge on any atom is 0.138 e. The predicted octanol–water partition coefficient (Wildman–Crippen LogP) is 2.39. The van der Waals surface area contributed by atoms with E-state index in [0.29, 0.717) is 0 Å². The van der Waals surface area contributed by atoms with Crippen molar-refractivity contribution in [2.24, 2.45) is 0 Å². The van der Waals surface area contributed by atoms with Gasteiger partial charge in [-0.2, -0.15) is 0 Å². The minimum Gasteiger partial charge on any atom is -0.390 e. The van der Waals surface area contributed by atoms with Crippen molar-refractivity contribution in [2.45, 2.75) is 6.61 Å². The van der Waals surface area contributed by atoms with Gasteiger partial charge < -0.3 is 10.1 Å². The lowest BCUT2D eigenvalue weighted by Gasteiger charge is -1.88. The Morgan fingerprint density at radius 3 is 3.00 bits per heavy atom. The molecule has 2 aromatic rings. The first-order valence-corrected chi connectivity index (χ1v) is 5.36. The summed E-state index contributed by atoms with van der Waals surface area (Å²) in [7, 11) is 0. The van der Waals surface area contributed by atoms with Crippen molar-refractivity contribution in [3.05, 3.63) is 27.1 Å². The van der Waals surface area contributed by atoms with E-state index in [9.17, 15) is 0 Å². The van der Waals surface area contributed by atoms with Gasteiger partial charge in [-0.3, -0.25) is 0 Å². The number of nitrogens with zero attached hydrogens (tertiary/aromatic N) is 1. The Balaban J connectivity index is 2.35. The van der Waals surface area contributed by atoms with E-state index in [1.54, 1.807) is 17.5 Å². The van der Waals surface area contributed by atoms with E-state index in [-0.39, 0.29) is 6.61 Å². The second-order valence-corrected chi connectivity index (χ2v) is 4.85. The maximum absolute atomic E-state index is 8.83. The van der Waals surface area contributed by atoms with Crippen LogP contribution in [0, 0.1) is 0 Å². The number of aromatic nitrogens is 2. The molecular weight excluding hydrogens is 252 g/mol. The van der Waals surface area contributed by atoms with Crippen molar-refractivity contribution < 1.29 is 5.11 Å². The average Bonchev–Trinajstić information content (AvgIpc) is 2.71. The largest absolute Gasteiger partial charge is 0.390 e. The van der Waals surface area contributed by atoms with E-state index in [1.807, 2.05) is 11.4 Å². The molecule has 0 saturated carbocycles. The number of rotatable bonds is 2. The molecule has 0 atom stereocenters. The Labute approximate surface area is 87.6 Å². The second-order valence-electron chi connectivity index (χ2n) is 2.55. The number of aliphatic hydroxyl groups is 1. The summed E-state index contributed by atoms with van der Waals surface area (Å²) in [6.07, 6.45) is 1.64. The van der Waals surface area contributed by atoms with Crippen molar-refractivity contribution in [1.82, 2.24) is 9.97 Å². The highest BCUT2D eigenvalue weighted by molar-refractivity contribution is 9.11. The molecule has 68 valence electrons. The summed E-state index contributed by atoms with van der Waals surface area (Å²) < 4.78 is 1.07. The van der Waals surface area contributed by atoms with Crippen LogP contribution >= 0.6 is 27.3 Å². The summed E-state index contributed by atoms with van der Waals surface area (Å²) in [5.74, 6) is 0.797. The Bertz CT molecular complexity index is 410. The molecular formula is C8H7BrN2OS. The molecule has 2 heterocycles. The third-order valence-corrected chi connectivity index (χ3v) is 3.14. The highest BCUT2D eigenvalue weighted by Crippen LogP contribution is 2.26. The highest BCUT2D eigenvalue weighted by Gasteiger charge is 2.04. The molecule has 0 aromatic carbocycles. The van der Waals surface area contributed by atoms with Crippen LogP contribution in [0.1, 0.15) is 5.69 Å². The number of thiophene rings is 1. The molecule has 3 nitrogen and oxygen atoms in total. The van der Waals surface area contributed by atoms with Crippen molar-refractivity contribution in [3.63, 3.8) is 0 Å². The van der Waals surface area contributed by atoms with Crippen LogP contribution in [0.15, 0.2) is 21.4 Å². The van der Waals surface area contributed by atoms with Gasteiger partial charge in [0.1, 0.15) is 5.82 Å². The molecule has 0 bridgehead atoms. The van der Waals surface area contributed by atoms with E-state index in [4.69, 9.17) is 5.11 Å². The lowest BCUT2D eigenvalue weighted by molar-refractivity contribution is 0.277. The number of hydrogen-bond donors (Lipinski definition) is 2. The third kappa shape index (κ3) is 1.82. The standard InChI is InChI=1S/C8H7BrN2OS/c9-7-1-5(4-13-7)8-10-2-6(3-12)11-8/h1-2,4,12H,3H2,(H,10,11). The van der Waals surface area contributed by atoms with E-state index in [1.165, 1.54) is 0 Å². The number of halogens is 1. The van der Waals surface area contributed by atoms with Gasteiger partial charge in [0.25, 0.3) is 0 Å². The minimum atomic E-state index is -0.00168. The topological polar surface area (TPSA) is 48.9 Å². The zero-order chi connectivity index (χ0) is 9.26. The molecule has 0 aliphatic carbocycles. The summed E-state index contributed by atoms with van der Waals surface area (Å²) in [6, 6.07) is 1.99. The van der Waals surface area contributed by atoms with Crippen molar-refractivity contribution in [1.29, 1.82) is 0 Å². The number of imidazole rings is 1. The van der Waals surface area contributed by atoms with Crippen molar-refractivity contribution in [2.75, 3.05) is 0 Å². The van der Waals surface area contributed by atoms with Gasteiger partial charge in [0, 0.05) is 10.9 Å². The number of hydrogen-bond acceptors (Lipinski definition) is 3. The van der Waals surface area contributed by atoms with E-state index < -0.39 is 0 Å². The number of aromatic amines is 1. The zero-order valence-corrected chi connectivity index (χ0v) is 9.02. The Kier molecular flexibility index (Phi) is 2.48. The first kappa shape index (κ1) is 8.93. The van der Waals surface area contributed by atoms with E-state index >= 15 is 0 Å². The Morgan fingerprint density at radius 1 is 1.62 bits per heavy atom. The molecule has 2 rings (SSSR count). The monoisotopic (exact) mass is 258 g/mol. The van der Waals surface area contributed by atoms with Crippen LogP contribution in [0.2, 0.25) is 0 Å². The molecule has 0 amide bonds. The lowest BCUT2D eigenvalue weighted by atomic mass is 10.3. The maximum atomic E-state index is 8.83. The molecule has 0 unspecified atom stereocenters. The van der Waals surface area contributed by atoms with E-state index in [0.717, 1.165) is 20.9 Å². The van der Waals surface area contributed by atoms with Crippen molar-refractivity contribution >= 4 is 27.3 Å². The minimum absolute atomic E-state index is 0.00168. The highest BCUT2D eigenvalue weighted by atomic mass is 79.9. The zero-order valence-electron chi connectivity index (χ0n) is 6.62. The van der Waals surface area contributed by atoms with Crippen LogP contribution in [0.4, 0.5) is 0 Å². The predicted molar refractivity (Wildman–Crippen MR) is 55.5 cm³/mol. The van der Waals surface area contributed by atoms with Crippen LogP contribution in [-0.2, 0) is 6.61 Å². The summed E-state index contributed by atoms with van der Waals surface area (Å²) >= 11 is 4.99. The quantitative estimate of drug-likeness (QED) is 0.869. The molecule has 0 radical (unpaired) electrons. The first-order valence-electron chi connectivity index (χ1n) is 3.69. The molecule has 13 heavy (non-hydrogen) atoms. The van der Waals surface area contributed by atoms with Gasteiger partial charge in [0.2, 0.25) is 0 Å². The molecule has 0 spiro atoms. The number of H-pyrrole nitrogens is 1. The van der Waals surface area contributed by atoms with Gasteiger partial charge in [0.15, 0.2) is 0 Å². The number of nitrogens with one attached hydrogen (secondary N) is 1. The normalized spacial score (nSPS) is 10.6. The SMILES string of the molecule is OCc1cnc(-c2csc(Br)c2)[nH]1. The molecule has 2 N–H and O–H groups in total. The summed E-state index contributed by atoms with van der Waals surface area (Å²) in [6.45, 7) is -0.00168. The van der Waals surface area contributed by atoms with Crippen LogP contribution in [0.3, 0.4) is 0 Å². The number of aliphatic hydroxyl groups excluding tert-OH is 1. The molecule has 0 aliphatic rings. The van der Waals surface area contributed by atoms with Gasteiger partial charge >= 0.3 is 0 Å². The summed E-state index contributed by atoms with van der Waals surface area (Å²) in [5, 5.41) is 10.8. The smallest absolute Gasteiger partial charge is 0.138 e. The van der Waals surface area contributed by atoms with Gasteiger partial charge in [-0.1, -0.05) is 0 Å². The van der Waals surface area contributed by atoms with Crippen LogP contribution in [0.25, 0.3) is 11.4 Å². The molecule has 2 aromatic heterocycles. The first-order chi connectivity index (χ1) is 6.29. The van der Waals surface area contributed by atoms with Gasteiger partial charge in [-0.15, -0.1) is 11.3 Å². The van der Waals surface area contributed by atoms with Crippen LogP contribution in [-0.4, -0.2) is 15.1 Å². The van der Waals surface area contributed by atoms with Crippen LogP contribution < -0.4 is 0 Å². The second kappa shape index (κ2) is 3.61. The average molecular weight is 259 g/mol. The fraction of sp³-hybridized carbons (Fsp3) is 0.125. The molecule has 0 fully saturated rings.